The van der Waals surface area contributed by atoms with E-state index in [1.165, 1.54) is 0 Å². The predicted octanol–water partition coefficient (Wildman–Crippen LogP) is 2.03. The first-order valence-corrected chi connectivity index (χ1v) is 7.04. The zero-order chi connectivity index (χ0) is 13.2. The smallest absolute Gasteiger partial charge is 0.240 e. The highest BCUT2D eigenvalue weighted by Gasteiger charge is 2.23. The fourth-order valence-electron chi connectivity index (χ4n) is 2.11. The molecule has 1 fully saturated rings. The van der Waals surface area contributed by atoms with Gasteiger partial charge < -0.3 is 14.2 Å². The number of anilines is 1. The van der Waals surface area contributed by atoms with E-state index in [2.05, 4.69) is 27.9 Å². The largest absolute Gasteiger partial charge is 0.418 e. The monoisotopic (exact) mass is 274 g/mol. The van der Waals surface area contributed by atoms with E-state index in [0.29, 0.717) is 17.5 Å². The molecule has 6 heteroatoms. The first-order chi connectivity index (χ1) is 9.28. The third kappa shape index (κ3) is 2.35. The average Bonchev–Trinajstić information content (AvgIpc) is 3.08. The van der Waals surface area contributed by atoms with Gasteiger partial charge in [0.2, 0.25) is 17.5 Å². The van der Waals surface area contributed by atoms with Gasteiger partial charge in [-0.25, -0.2) is 0 Å². The Kier molecular flexibility index (Phi) is 3.23. The molecule has 19 heavy (non-hydrogen) atoms. The molecule has 1 aliphatic rings. The summed E-state index contributed by atoms with van der Waals surface area (Å²) in [5.74, 6) is 1.15. The quantitative estimate of drug-likeness (QED) is 0.838. The van der Waals surface area contributed by atoms with Gasteiger partial charge in [0.25, 0.3) is 0 Å². The molecule has 5 nitrogen and oxygen atoms in total. The Balaban J connectivity index is 1.91. The molecular weight excluding hydrogens is 260 g/mol. The van der Waals surface area contributed by atoms with Crippen LogP contribution in [-0.4, -0.2) is 43.1 Å². The lowest BCUT2D eigenvalue weighted by atomic mass is 10.3. The molecule has 0 aromatic carbocycles. The van der Waals surface area contributed by atoms with E-state index < -0.39 is 0 Å². The summed E-state index contributed by atoms with van der Waals surface area (Å²) >= 11 is 1.56. The second-order valence-electron chi connectivity index (χ2n) is 4.55. The van der Waals surface area contributed by atoms with Crippen molar-refractivity contribution in [1.82, 2.24) is 9.88 Å². The van der Waals surface area contributed by atoms with Crippen molar-refractivity contribution >= 4 is 17.2 Å². The first-order valence-electron chi connectivity index (χ1n) is 6.16. The molecule has 0 unspecified atom stereocenters. The molecular formula is C13H14N4OS. The molecule has 0 N–H and O–H groups in total. The highest BCUT2D eigenvalue weighted by Crippen LogP contribution is 2.30. The fraction of sp³-hybridized carbons (Fsp3) is 0.385. The Hall–Kier alpha value is -1.84. The maximum Gasteiger partial charge on any atom is 0.240 e. The van der Waals surface area contributed by atoms with Crippen LogP contribution in [-0.2, 0) is 0 Å². The molecule has 2 aromatic heterocycles. The van der Waals surface area contributed by atoms with Crippen molar-refractivity contribution in [3.8, 4) is 16.8 Å². The molecule has 1 saturated heterocycles. The van der Waals surface area contributed by atoms with Crippen LogP contribution in [0, 0.1) is 11.3 Å². The molecule has 98 valence electrons. The standard InChI is InChI=1S/C13H14N4OS/c1-16-4-6-17(7-5-16)13-10(9-14)15-12(18-13)11-3-2-8-19-11/h2-3,8H,4-7H2,1H3. The number of aromatic nitrogens is 1. The van der Waals surface area contributed by atoms with Crippen molar-refractivity contribution in [2.75, 3.05) is 38.1 Å². The van der Waals surface area contributed by atoms with Crippen LogP contribution in [0.3, 0.4) is 0 Å². The molecule has 0 radical (unpaired) electrons. The van der Waals surface area contributed by atoms with E-state index in [9.17, 15) is 5.26 Å². The number of thiophene rings is 1. The molecule has 0 saturated carbocycles. The number of hydrogen-bond donors (Lipinski definition) is 0. The Morgan fingerprint density at radius 2 is 2.16 bits per heavy atom. The number of hydrogen-bond acceptors (Lipinski definition) is 6. The van der Waals surface area contributed by atoms with Crippen LogP contribution in [0.25, 0.3) is 10.8 Å². The first kappa shape index (κ1) is 12.2. The number of nitriles is 1. The van der Waals surface area contributed by atoms with Crippen molar-refractivity contribution in [3.05, 3.63) is 23.2 Å². The van der Waals surface area contributed by atoms with Crippen molar-refractivity contribution in [2.45, 2.75) is 0 Å². The van der Waals surface area contributed by atoms with Gasteiger partial charge in [-0.1, -0.05) is 6.07 Å². The summed E-state index contributed by atoms with van der Waals surface area (Å²) in [7, 11) is 2.10. The summed E-state index contributed by atoms with van der Waals surface area (Å²) in [5.41, 5.74) is 0.382. The van der Waals surface area contributed by atoms with Gasteiger partial charge in [-0.2, -0.15) is 10.2 Å². The van der Waals surface area contributed by atoms with Crippen LogP contribution in [0.15, 0.2) is 21.9 Å². The van der Waals surface area contributed by atoms with Crippen LogP contribution in [0.5, 0.6) is 0 Å². The number of nitrogens with zero attached hydrogens (tertiary/aromatic N) is 4. The van der Waals surface area contributed by atoms with Crippen LogP contribution in [0.2, 0.25) is 0 Å². The van der Waals surface area contributed by atoms with E-state index in [1.54, 1.807) is 11.3 Å². The maximum atomic E-state index is 9.21. The van der Waals surface area contributed by atoms with Gasteiger partial charge in [0.1, 0.15) is 6.07 Å². The van der Waals surface area contributed by atoms with E-state index >= 15 is 0 Å². The lowest BCUT2D eigenvalue weighted by molar-refractivity contribution is 0.306. The summed E-state index contributed by atoms with van der Waals surface area (Å²) in [4.78, 5) is 9.61. The zero-order valence-electron chi connectivity index (χ0n) is 10.7. The van der Waals surface area contributed by atoms with Crippen molar-refractivity contribution in [3.63, 3.8) is 0 Å². The highest BCUT2D eigenvalue weighted by atomic mass is 32.1. The van der Waals surface area contributed by atoms with E-state index in [1.807, 2.05) is 17.5 Å². The Morgan fingerprint density at radius 1 is 1.37 bits per heavy atom. The maximum absolute atomic E-state index is 9.21. The van der Waals surface area contributed by atoms with E-state index in [4.69, 9.17) is 4.42 Å². The van der Waals surface area contributed by atoms with Gasteiger partial charge in [0.15, 0.2) is 0 Å². The number of rotatable bonds is 2. The van der Waals surface area contributed by atoms with Gasteiger partial charge in [0.05, 0.1) is 4.88 Å². The van der Waals surface area contributed by atoms with Crippen molar-refractivity contribution < 1.29 is 4.42 Å². The molecule has 0 spiro atoms. The summed E-state index contributed by atoms with van der Waals surface area (Å²) in [5, 5.41) is 11.2. The van der Waals surface area contributed by atoms with Crippen LogP contribution < -0.4 is 4.90 Å². The second kappa shape index (κ2) is 5.03. The van der Waals surface area contributed by atoms with Crippen LogP contribution in [0.4, 0.5) is 5.88 Å². The Labute approximate surface area is 115 Å². The van der Waals surface area contributed by atoms with Gasteiger partial charge in [0, 0.05) is 26.2 Å². The molecule has 2 aromatic rings. The molecule has 0 atom stereocenters. The van der Waals surface area contributed by atoms with Gasteiger partial charge in [-0.15, -0.1) is 11.3 Å². The van der Waals surface area contributed by atoms with Crippen molar-refractivity contribution in [2.24, 2.45) is 0 Å². The summed E-state index contributed by atoms with van der Waals surface area (Å²) in [6, 6.07) is 6.03. The molecule has 3 rings (SSSR count). The average molecular weight is 274 g/mol. The number of piperazine rings is 1. The summed E-state index contributed by atoms with van der Waals surface area (Å²) < 4.78 is 5.81. The number of oxazole rings is 1. The Morgan fingerprint density at radius 3 is 2.79 bits per heavy atom. The van der Waals surface area contributed by atoms with E-state index in [-0.39, 0.29) is 0 Å². The van der Waals surface area contributed by atoms with Crippen LogP contribution >= 0.6 is 11.3 Å². The van der Waals surface area contributed by atoms with Gasteiger partial charge in [-0.3, -0.25) is 0 Å². The lowest BCUT2D eigenvalue weighted by Crippen LogP contribution is -2.44. The molecule has 1 aliphatic heterocycles. The summed E-state index contributed by atoms with van der Waals surface area (Å²) in [6.07, 6.45) is 0. The molecule has 0 bridgehead atoms. The van der Waals surface area contributed by atoms with Crippen LogP contribution in [0.1, 0.15) is 5.69 Å². The third-order valence-electron chi connectivity index (χ3n) is 3.24. The predicted molar refractivity (Wildman–Crippen MR) is 74.2 cm³/mol. The number of likely N-dealkylation sites (N-methyl/N-ethyl adjacent to an activating group) is 1. The third-order valence-corrected chi connectivity index (χ3v) is 4.10. The normalized spacial score (nSPS) is 16.5. The topological polar surface area (TPSA) is 56.3 Å². The minimum absolute atomic E-state index is 0.382. The van der Waals surface area contributed by atoms with Gasteiger partial charge >= 0.3 is 0 Å². The molecule has 3 heterocycles. The summed E-state index contributed by atoms with van der Waals surface area (Å²) in [6.45, 7) is 3.67. The highest BCUT2D eigenvalue weighted by molar-refractivity contribution is 7.13. The van der Waals surface area contributed by atoms with Gasteiger partial charge in [-0.05, 0) is 18.5 Å². The Bertz CT molecular complexity index is 591. The SMILES string of the molecule is CN1CCN(c2oc(-c3cccs3)nc2C#N)CC1. The molecule has 0 aliphatic carbocycles. The van der Waals surface area contributed by atoms with Crippen molar-refractivity contribution in [1.29, 1.82) is 5.26 Å². The zero-order valence-corrected chi connectivity index (χ0v) is 11.5. The minimum atomic E-state index is 0.382. The van der Waals surface area contributed by atoms with E-state index in [0.717, 1.165) is 31.1 Å². The lowest BCUT2D eigenvalue weighted by Gasteiger charge is -2.31. The molecule has 0 amide bonds. The fourth-order valence-corrected chi connectivity index (χ4v) is 2.76. The second-order valence-corrected chi connectivity index (χ2v) is 5.50. The minimum Gasteiger partial charge on any atom is -0.418 e.